The average molecular weight is 313 g/mol. The van der Waals surface area contributed by atoms with Crippen LogP contribution in [0.1, 0.15) is 26.3 Å². The van der Waals surface area contributed by atoms with Crippen molar-refractivity contribution in [2.45, 2.75) is 27.3 Å². The minimum absolute atomic E-state index is 0.307. The lowest BCUT2D eigenvalue weighted by atomic mass is 9.97. The normalized spacial score (nSPS) is 11.3. The summed E-state index contributed by atoms with van der Waals surface area (Å²) in [6, 6.07) is 18.0. The van der Waals surface area contributed by atoms with Crippen LogP contribution < -0.4 is 14.8 Å². The molecule has 0 fully saturated rings. The lowest BCUT2D eigenvalue weighted by Crippen LogP contribution is -2.26. The maximum atomic E-state index is 5.70. The van der Waals surface area contributed by atoms with Crippen LogP contribution in [0, 0.1) is 5.41 Å². The fourth-order valence-corrected chi connectivity index (χ4v) is 2.12. The van der Waals surface area contributed by atoms with E-state index in [1.165, 1.54) is 5.56 Å². The Morgan fingerprint density at radius 3 is 1.91 bits per heavy atom. The Bertz CT molecular complexity index is 558. The Kier molecular flexibility index (Phi) is 6.48. The zero-order chi connectivity index (χ0) is 16.5. The van der Waals surface area contributed by atoms with E-state index in [-0.39, 0.29) is 0 Å². The topological polar surface area (TPSA) is 30.5 Å². The van der Waals surface area contributed by atoms with Crippen LogP contribution in [0.4, 0.5) is 0 Å². The molecule has 3 nitrogen and oxygen atoms in total. The number of rotatable bonds is 8. The molecule has 0 atom stereocenters. The SMILES string of the molecule is CC(C)(C)CNCc1ccc(OCCOc2ccccc2)cc1. The number of nitrogens with one attached hydrogen (secondary N) is 1. The van der Waals surface area contributed by atoms with Crippen molar-refractivity contribution in [3.63, 3.8) is 0 Å². The molecule has 3 heteroatoms. The zero-order valence-electron chi connectivity index (χ0n) is 14.3. The first-order valence-electron chi connectivity index (χ1n) is 8.13. The van der Waals surface area contributed by atoms with Gasteiger partial charge < -0.3 is 14.8 Å². The molecule has 0 unspecified atom stereocenters. The summed E-state index contributed by atoms with van der Waals surface area (Å²) in [5.74, 6) is 1.75. The molecular formula is C20H27NO2. The summed E-state index contributed by atoms with van der Waals surface area (Å²) in [6.45, 7) is 9.66. The van der Waals surface area contributed by atoms with Gasteiger partial charge in [0.15, 0.2) is 0 Å². The average Bonchev–Trinajstić information content (AvgIpc) is 2.53. The minimum Gasteiger partial charge on any atom is -0.490 e. The second kappa shape index (κ2) is 8.59. The van der Waals surface area contributed by atoms with E-state index in [4.69, 9.17) is 9.47 Å². The molecule has 0 saturated heterocycles. The Labute approximate surface area is 139 Å². The van der Waals surface area contributed by atoms with E-state index in [9.17, 15) is 0 Å². The molecule has 0 spiro atoms. The fourth-order valence-electron chi connectivity index (χ4n) is 2.12. The molecule has 2 aromatic rings. The van der Waals surface area contributed by atoms with E-state index in [1.807, 2.05) is 42.5 Å². The van der Waals surface area contributed by atoms with Crippen molar-refractivity contribution in [2.24, 2.45) is 5.41 Å². The molecule has 0 aliphatic rings. The Balaban J connectivity index is 1.66. The van der Waals surface area contributed by atoms with Gasteiger partial charge in [0, 0.05) is 13.1 Å². The lowest BCUT2D eigenvalue weighted by Gasteiger charge is -2.18. The van der Waals surface area contributed by atoms with Crippen molar-refractivity contribution in [2.75, 3.05) is 19.8 Å². The zero-order valence-corrected chi connectivity index (χ0v) is 14.3. The predicted octanol–water partition coefficient (Wildman–Crippen LogP) is 4.28. The number of benzene rings is 2. The quantitative estimate of drug-likeness (QED) is 0.738. The molecule has 0 saturated carbocycles. The molecule has 0 radical (unpaired) electrons. The van der Waals surface area contributed by atoms with Crippen molar-refractivity contribution in [1.29, 1.82) is 0 Å². The fraction of sp³-hybridized carbons (Fsp3) is 0.400. The third-order valence-corrected chi connectivity index (χ3v) is 3.27. The van der Waals surface area contributed by atoms with Gasteiger partial charge in [-0.15, -0.1) is 0 Å². The molecule has 0 aliphatic heterocycles. The number of hydrogen-bond donors (Lipinski definition) is 1. The van der Waals surface area contributed by atoms with Gasteiger partial charge in [-0.25, -0.2) is 0 Å². The summed E-state index contributed by atoms with van der Waals surface area (Å²) < 4.78 is 11.3. The summed E-state index contributed by atoms with van der Waals surface area (Å²) in [6.07, 6.45) is 0. The first kappa shape index (κ1) is 17.4. The molecule has 23 heavy (non-hydrogen) atoms. The van der Waals surface area contributed by atoms with Gasteiger partial charge in [-0.3, -0.25) is 0 Å². The van der Waals surface area contributed by atoms with Crippen molar-refractivity contribution in [3.05, 3.63) is 60.2 Å². The highest BCUT2D eigenvalue weighted by atomic mass is 16.5. The van der Waals surface area contributed by atoms with Crippen LogP contribution in [0.15, 0.2) is 54.6 Å². The van der Waals surface area contributed by atoms with Crippen molar-refractivity contribution < 1.29 is 9.47 Å². The monoisotopic (exact) mass is 313 g/mol. The van der Waals surface area contributed by atoms with Gasteiger partial charge in [-0.1, -0.05) is 51.1 Å². The van der Waals surface area contributed by atoms with Crippen molar-refractivity contribution >= 4 is 0 Å². The van der Waals surface area contributed by atoms with E-state index < -0.39 is 0 Å². The Morgan fingerprint density at radius 1 is 0.783 bits per heavy atom. The molecule has 0 aliphatic carbocycles. The number of hydrogen-bond acceptors (Lipinski definition) is 3. The third kappa shape index (κ3) is 7.20. The molecule has 1 N–H and O–H groups in total. The highest BCUT2D eigenvalue weighted by Crippen LogP contribution is 2.14. The first-order valence-corrected chi connectivity index (χ1v) is 8.13. The molecule has 0 amide bonds. The second-order valence-electron chi connectivity index (χ2n) is 6.82. The maximum absolute atomic E-state index is 5.70. The molecule has 0 bridgehead atoms. The summed E-state index contributed by atoms with van der Waals surface area (Å²) in [5.41, 5.74) is 1.57. The van der Waals surface area contributed by atoms with E-state index in [1.54, 1.807) is 0 Å². The Hall–Kier alpha value is -2.00. The van der Waals surface area contributed by atoms with Gasteiger partial charge in [0.1, 0.15) is 24.7 Å². The second-order valence-corrected chi connectivity index (χ2v) is 6.82. The number of ether oxygens (including phenoxy) is 2. The van der Waals surface area contributed by atoms with Crippen LogP contribution in [-0.2, 0) is 6.54 Å². The van der Waals surface area contributed by atoms with Gasteiger partial charge in [-0.2, -0.15) is 0 Å². The van der Waals surface area contributed by atoms with Crippen LogP contribution in [-0.4, -0.2) is 19.8 Å². The molecule has 0 heterocycles. The van der Waals surface area contributed by atoms with Gasteiger partial charge in [0.05, 0.1) is 0 Å². The molecule has 0 aromatic heterocycles. The Morgan fingerprint density at radius 2 is 1.35 bits per heavy atom. The van der Waals surface area contributed by atoms with E-state index in [0.717, 1.165) is 24.6 Å². The van der Waals surface area contributed by atoms with Gasteiger partial charge in [0.2, 0.25) is 0 Å². The van der Waals surface area contributed by atoms with Gasteiger partial charge >= 0.3 is 0 Å². The summed E-state index contributed by atoms with van der Waals surface area (Å²) in [5, 5.41) is 3.47. The smallest absolute Gasteiger partial charge is 0.122 e. The van der Waals surface area contributed by atoms with Gasteiger partial charge in [0.25, 0.3) is 0 Å². The van der Waals surface area contributed by atoms with Crippen molar-refractivity contribution in [3.8, 4) is 11.5 Å². The summed E-state index contributed by atoms with van der Waals surface area (Å²) >= 11 is 0. The maximum Gasteiger partial charge on any atom is 0.122 e. The number of para-hydroxylation sites is 1. The van der Waals surface area contributed by atoms with Gasteiger partial charge in [-0.05, 0) is 35.2 Å². The highest BCUT2D eigenvalue weighted by Gasteiger charge is 2.08. The van der Waals surface area contributed by atoms with Crippen LogP contribution in [0.2, 0.25) is 0 Å². The van der Waals surface area contributed by atoms with Crippen LogP contribution in [0.25, 0.3) is 0 Å². The largest absolute Gasteiger partial charge is 0.490 e. The van der Waals surface area contributed by atoms with Crippen LogP contribution in [0.3, 0.4) is 0 Å². The van der Waals surface area contributed by atoms with Crippen LogP contribution >= 0.6 is 0 Å². The predicted molar refractivity (Wildman–Crippen MR) is 95.0 cm³/mol. The standard InChI is InChI=1S/C20H27NO2/c1-20(2,3)16-21-15-17-9-11-19(12-10-17)23-14-13-22-18-7-5-4-6-8-18/h4-12,21H,13-16H2,1-3H3. The van der Waals surface area contributed by atoms with E-state index in [2.05, 4.69) is 38.2 Å². The lowest BCUT2D eigenvalue weighted by molar-refractivity contribution is 0.217. The molecular weight excluding hydrogens is 286 g/mol. The van der Waals surface area contributed by atoms with Crippen LogP contribution in [0.5, 0.6) is 11.5 Å². The summed E-state index contributed by atoms with van der Waals surface area (Å²) in [4.78, 5) is 0. The third-order valence-electron chi connectivity index (χ3n) is 3.27. The van der Waals surface area contributed by atoms with E-state index in [0.29, 0.717) is 18.6 Å². The molecule has 124 valence electrons. The molecule has 2 aromatic carbocycles. The molecule has 2 rings (SSSR count). The summed E-state index contributed by atoms with van der Waals surface area (Å²) in [7, 11) is 0. The van der Waals surface area contributed by atoms with E-state index >= 15 is 0 Å². The first-order chi connectivity index (χ1) is 11.0. The highest BCUT2D eigenvalue weighted by molar-refractivity contribution is 5.27. The minimum atomic E-state index is 0.307. The van der Waals surface area contributed by atoms with Crippen molar-refractivity contribution in [1.82, 2.24) is 5.32 Å².